The lowest BCUT2D eigenvalue weighted by Gasteiger charge is -2.14. The van der Waals surface area contributed by atoms with E-state index in [-0.39, 0.29) is 11.3 Å². The number of hydrogen-bond acceptors (Lipinski definition) is 4. The number of carbonyl (C=O) groups is 1. The Morgan fingerprint density at radius 2 is 1.88 bits per heavy atom. The van der Waals surface area contributed by atoms with Crippen LogP contribution in [0.4, 0.5) is 23.2 Å². The SMILES string of the molecule is COc1ccccc1-c1ccc(C(=O)Nc2cnc(-n3cccn3)c(C(F)(F)F)c2)c(F)c1. The summed E-state index contributed by atoms with van der Waals surface area (Å²) in [6, 6.07) is 13.1. The van der Waals surface area contributed by atoms with E-state index in [2.05, 4.69) is 15.4 Å². The van der Waals surface area contributed by atoms with Crippen molar-refractivity contribution in [3.05, 3.63) is 90.1 Å². The number of halogens is 4. The van der Waals surface area contributed by atoms with Crippen LogP contribution < -0.4 is 10.1 Å². The van der Waals surface area contributed by atoms with E-state index in [1.807, 2.05) is 0 Å². The van der Waals surface area contributed by atoms with Gasteiger partial charge in [-0.3, -0.25) is 4.79 Å². The molecule has 0 unspecified atom stereocenters. The molecule has 0 radical (unpaired) electrons. The van der Waals surface area contributed by atoms with Crippen LogP contribution in [0.3, 0.4) is 0 Å². The minimum Gasteiger partial charge on any atom is -0.496 e. The van der Waals surface area contributed by atoms with Crippen molar-refractivity contribution in [2.75, 3.05) is 12.4 Å². The normalized spacial score (nSPS) is 11.3. The van der Waals surface area contributed by atoms with E-state index in [0.717, 1.165) is 23.0 Å². The van der Waals surface area contributed by atoms with Crippen LogP contribution in [0, 0.1) is 5.82 Å². The number of aromatic nitrogens is 3. The minimum absolute atomic E-state index is 0.239. The summed E-state index contributed by atoms with van der Waals surface area (Å²) in [6.45, 7) is 0. The van der Waals surface area contributed by atoms with Crippen molar-refractivity contribution < 1.29 is 27.1 Å². The van der Waals surface area contributed by atoms with Gasteiger partial charge in [-0.15, -0.1) is 0 Å². The summed E-state index contributed by atoms with van der Waals surface area (Å²) in [4.78, 5) is 16.4. The molecule has 0 aliphatic rings. The van der Waals surface area contributed by atoms with Gasteiger partial charge in [-0.25, -0.2) is 14.1 Å². The molecule has 0 saturated heterocycles. The first-order valence-corrected chi connectivity index (χ1v) is 9.59. The van der Waals surface area contributed by atoms with E-state index >= 15 is 0 Å². The van der Waals surface area contributed by atoms with E-state index in [4.69, 9.17) is 4.74 Å². The van der Waals surface area contributed by atoms with Crippen LogP contribution in [0.1, 0.15) is 15.9 Å². The van der Waals surface area contributed by atoms with Gasteiger partial charge in [0.25, 0.3) is 5.91 Å². The largest absolute Gasteiger partial charge is 0.496 e. The van der Waals surface area contributed by atoms with E-state index in [1.54, 1.807) is 24.3 Å². The molecule has 0 spiro atoms. The van der Waals surface area contributed by atoms with Crippen molar-refractivity contribution in [1.29, 1.82) is 0 Å². The Morgan fingerprint density at radius 1 is 1.09 bits per heavy atom. The Kier molecular flexibility index (Phi) is 5.82. The third-order valence-electron chi connectivity index (χ3n) is 4.78. The lowest BCUT2D eigenvalue weighted by molar-refractivity contribution is -0.137. The molecule has 4 aromatic rings. The maximum absolute atomic E-state index is 14.7. The highest BCUT2D eigenvalue weighted by molar-refractivity contribution is 6.04. The van der Waals surface area contributed by atoms with Crippen molar-refractivity contribution in [2.45, 2.75) is 6.18 Å². The number of para-hydroxylation sites is 1. The van der Waals surface area contributed by atoms with Crippen LogP contribution in [-0.2, 0) is 6.18 Å². The molecule has 0 aliphatic carbocycles. The summed E-state index contributed by atoms with van der Waals surface area (Å²) in [6.07, 6.45) is -1.08. The fourth-order valence-electron chi connectivity index (χ4n) is 3.26. The predicted octanol–water partition coefficient (Wildman–Crippen LogP) is 5.35. The number of benzene rings is 2. The molecule has 10 heteroatoms. The number of amides is 1. The third-order valence-corrected chi connectivity index (χ3v) is 4.78. The van der Waals surface area contributed by atoms with Crippen molar-refractivity contribution in [1.82, 2.24) is 14.8 Å². The molecule has 1 amide bonds. The standard InChI is InChI=1S/C23H16F4N4O2/c1-33-20-6-3-2-5-16(20)14-7-8-17(19(24)11-14)22(32)30-15-12-18(23(25,26)27)21(28-13-15)31-10-4-9-29-31/h2-13H,1H3,(H,30,32). The fourth-order valence-corrected chi connectivity index (χ4v) is 3.26. The molecule has 1 N–H and O–H groups in total. The Hall–Kier alpha value is -4.21. The maximum atomic E-state index is 14.7. The van der Waals surface area contributed by atoms with Crippen molar-refractivity contribution in [2.24, 2.45) is 0 Å². The summed E-state index contributed by atoms with van der Waals surface area (Å²) in [7, 11) is 1.48. The highest BCUT2D eigenvalue weighted by Crippen LogP contribution is 2.35. The zero-order valence-corrected chi connectivity index (χ0v) is 17.1. The van der Waals surface area contributed by atoms with Gasteiger partial charge in [0.05, 0.1) is 24.6 Å². The smallest absolute Gasteiger partial charge is 0.420 e. The topological polar surface area (TPSA) is 69.0 Å². The van der Waals surface area contributed by atoms with Gasteiger partial charge in [0.15, 0.2) is 5.82 Å². The second-order valence-corrected chi connectivity index (χ2v) is 6.89. The van der Waals surface area contributed by atoms with Crippen LogP contribution >= 0.6 is 0 Å². The number of methoxy groups -OCH3 is 1. The number of nitrogens with one attached hydrogen (secondary N) is 1. The van der Waals surface area contributed by atoms with Gasteiger partial charge >= 0.3 is 6.18 Å². The molecular weight excluding hydrogens is 440 g/mol. The molecule has 0 aliphatic heterocycles. The molecule has 2 aromatic heterocycles. The van der Waals surface area contributed by atoms with Gasteiger partial charge < -0.3 is 10.1 Å². The van der Waals surface area contributed by atoms with Gasteiger partial charge in [-0.1, -0.05) is 24.3 Å². The summed E-state index contributed by atoms with van der Waals surface area (Å²) in [5.74, 6) is -1.68. The number of ether oxygens (including phenoxy) is 1. The first kappa shape index (κ1) is 22.0. The second-order valence-electron chi connectivity index (χ2n) is 6.89. The number of carbonyl (C=O) groups excluding carboxylic acids is 1. The molecule has 0 bridgehead atoms. The number of pyridine rings is 1. The zero-order valence-electron chi connectivity index (χ0n) is 17.1. The molecule has 168 valence electrons. The van der Waals surface area contributed by atoms with Crippen LogP contribution in [0.5, 0.6) is 5.75 Å². The predicted molar refractivity (Wildman–Crippen MR) is 113 cm³/mol. The lowest BCUT2D eigenvalue weighted by atomic mass is 10.0. The van der Waals surface area contributed by atoms with E-state index in [9.17, 15) is 22.4 Å². The molecule has 33 heavy (non-hydrogen) atoms. The summed E-state index contributed by atoms with van der Waals surface area (Å²) < 4.78 is 61.6. The Bertz CT molecular complexity index is 1300. The number of rotatable bonds is 5. The monoisotopic (exact) mass is 456 g/mol. The number of alkyl halides is 3. The van der Waals surface area contributed by atoms with Gasteiger partial charge in [-0.2, -0.15) is 18.3 Å². The van der Waals surface area contributed by atoms with Crippen LogP contribution in [0.15, 0.2) is 73.2 Å². The highest BCUT2D eigenvalue weighted by atomic mass is 19.4. The van der Waals surface area contributed by atoms with Crippen molar-refractivity contribution in [3.63, 3.8) is 0 Å². The van der Waals surface area contributed by atoms with Gasteiger partial charge in [-0.05, 0) is 35.9 Å². The summed E-state index contributed by atoms with van der Waals surface area (Å²) in [5, 5.41) is 6.03. The number of hydrogen-bond donors (Lipinski definition) is 1. The molecule has 6 nitrogen and oxygen atoms in total. The molecule has 0 atom stereocenters. The van der Waals surface area contributed by atoms with Gasteiger partial charge in [0.1, 0.15) is 17.1 Å². The van der Waals surface area contributed by atoms with E-state index in [1.165, 1.54) is 37.7 Å². The van der Waals surface area contributed by atoms with Gasteiger partial charge in [0.2, 0.25) is 0 Å². The van der Waals surface area contributed by atoms with Crippen molar-refractivity contribution in [3.8, 4) is 22.7 Å². The fraction of sp³-hybridized carbons (Fsp3) is 0.0870. The average Bonchev–Trinajstić information content (AvgIpc) is 3.33. The van der Waals surface area contributed by atoms with Gasteiger partial charge in [0, 0.05) is 18.0 Å². The third kappa shape index (κ3) is 4.54. The molecule has 4 rings (SSSR count). The summed E-state index contributed by atoms with van der Waals surface area (Å²) in [5.41, 5.74) is -0.573. The minimum atomic E-state index is -4.75. The van der Waals surface area contributed by atoms with Crippen molar-refractivity contribution >= 4 is 11.6 Å². The number of nitrogens with zero attached hydrogens (tertiary/aromatic N) is 3. The highest BCUT2D eigenvalue weighted by Gasteiger charge is 2.35. The quantitative estimate of drug-likeness (QED) is 0.411. The van der Waals surface area contributed by atoms with E-state index < -0.39 is 29.3 Å². The first-order chi connectivity index (χ1) is 15.8. The average molecular weight is 456 g/mol. The van der Waals surface area contributed by atoms with Crippen LogP contribution in [0.25, 0.3) is 16.9 Å². The Labute approximate surface area is 185 Å². The van der Waals surface area contributed by atoms with Crippen LogP contribution in [-0.4, -0.2) is 27.8 Å². The zero-order chi connectivity index (χ0) is 23.6. The summed E-state index contributed by atoms with van der Waals surface area (Å²) >= 11 is 0. The maximum Gasteiger partial charge on any atom is 0.420 e. The second kappa shape index (κ2) is 8.73. The lowest BCUT2D eigenvalue weighted by Crippen LogP contribution is -2.17. The van der Waals surface area contributed by atoms with Crippen LogP contribution in [0.2, 0.25) is 0 Å². The number of anilines is 1. The molecular formula is C23H16F4N4O2. The first-order valence-electron chi connectivity index (χ1n) is 9.59. The Balaban J connectivity index is 1.62. The van der Waals surface area contributed by atoms with E-state index in [0.29, 0.717) is 16.9 Å². The molecule has 2 aromatic carbocycles. The molecule has 0 saturated carbocycles. The molecule has 0 fully saturated rings. The molecule has 2 heterocycles. The Morgan fingerprint density at radius 3 is 2.55 bits per heavy atom.